The van der Waals surface area contributed by atoms with E-state index in [1.807, 2.05) is 36.4 Å². The van der Waals surface area contributed by atoms with E-state index in [2.05, 4.69) is 26.0 Å². The average molecular weight is 212 g/mol. The molecule has 2 rings (SSSR count). The molecule has 0 fully saturated rings. The zero-order valence-electron chi connectivity index (χ0n) is 9.64. The highest BCUT2D eigenvalue weighted by molar-refractivity contribution is 5.62. The molecule has 0 bridgehead atoms. The number of hydrogen-bond acceptors (Lipinski definition) is 2. The Morgan fingerprint density at radius 1 is 0.812 bits per heavy atom. The van der Waals surface area contributed by atoms with Gasteiger partial charge in [-0.05, 0) is 49.2 Å². The minimum Gasteiger partial charge on any atom is -0.280 e. The van der Waals surface area contributed by atoms with Crippen LogP contribution < -0.4 is 10.9 Å². The highest BCUT2D eigenvalue weighted by Gasteiger charge is 2.04. The van der Waals surface area contributed by atoms with E-state index in [4.69, 9.17) is 5.84 Å². The number of hydrazine groups is 1. The van der Waals surface area contributed by atoms with Crippen LogP contribution in [0.3, 0.4) is 0 Å². The van der Waals surface area contributed by atoms with Crippen molar-refractivity contribution in [1.82, 2.24) is 0 Å². The van der Waals surface area contributed by atoms with Gasteiger partial charge in [-0.25, -0.2) is 5.84 Å². The largest absolute Gasteiger partial charge is 0.280 e. The molecule has 2 heteroatoms. The molecule has 0 saturated carbocycles. The van der Waals surface area contributed by atoms with E-state index in [0.717, 1.165) is 11.4 Å². The van der Waals surface area contributed by atoms with E-state index in [1.54, 1.807) is 5.01 Å². The van der Waals surface area contributed by atoms with Crippen LogP contribution in [0, 0.1) is 13.8 Å². The first-order chi connectivity index (χ1) is 7.68. The first-order valence-corrected chi connectivity index (χ1v) is 5.35. The van der Waals surface area contributed by atoms with Crippen molar-refractivity contribution in [2.24, 2.45) is 5.84 Å². The van der Waals surface area contributed by atoms with Crippen molar-refractivity contribution in [3.63, 3.8) is 0 Å². The lowest BCUT2D eigenvalue weighted by atomic mass is 10.1. The van der Waals surface area contributed by atoms with E-state index in [-0.39, 0.29) is 0 Å². The van der Waals surface area contributed by atoms with Gasteiger partial charge in [0.25, 0.3) is 0 Å². The van der Waals surface area contributed by atoms with E-state index in [1.165, 1.54) is 11.1 Å². The van der Waals surface area contributed by atoms with E-state index in [0.29, 0.717) is 0 Å². The quantitative estimate of drug-likeness (QED) is 0.611. The molecule has 0 atom stereocenters. The molecule has 0 aliphatic heterocycles. The van der Waals surface area contributed by atoms with Crippen molar-refractivity contribution in [2.45, 2.75) is 13.8 Å². The Kier molecular flexibility index (Phi) is 2.93. The molecule has 2 N–H and O–H groups in total. The van der Waals surface area contributed by atoms with Gasteiger partial charge in [0.2, 0.25) is 0 Å². The maximum atomic E-state index is 6.07. The van der Waals surface area contributed by atoms with Crippen molar-refractivity contribution in [1.29, 1.82) is 0 Å². The summed E-state index contributed by atoms with van der Waals surface area (Å²) in [7, 11) is 0. The Bertz CT molecular complexity index is 477. The van der Waals surface area contributed by atoms with E-state index >= 15 is 0 Å². The smallest absolute Gasteiger partial charge is 0.0578 e. The van der Waals surface area contributed by atoms with Gasteiger partial charge in [0.1, 0.15) is 0 Å². The molecule has 82 valence electrons. The van der Waals surface area contributed by atoms with Gasteiger partial charge in [0.15, 0.2) is 0 Å². The van der Waals surface area contributed by atoms with Crippen LogP contribution in [-0.4, -0.2) is 0 Å². The molecule has 0 aliphatic rings. The standard InChI is InChI=1S/C14H16N2/c1-11-8-9-14(10-12(11)2)16(15)13-6-4-3-5-7-13/h3-10H,15H2,1-2H3. The van der Waals surface area contributed by atoms with Crippen LogP contribution in [0.15, 0.2) is 48.5 Å². The number of nitrogens with zero attached hydrogens (tertiary/aromatic N) is 1. The zero-order valence-corrected chi connectivity index (χ0v) is 9.64. The van der Waals surface area contributed by atoms with Crippen molar-refractivity contribution < 1.29 is 0 Å². The summed E-state index contributed by atoms with van der Waals surface area (Å²) >= 11 is 0. The molecule has 0 saturated heterocycles. The second kappa shape index (κ2) is 4.37. The molecule has 2 nitrogen and oxygen atoms in total. The van der Waals surface area contributed by atoms with Crippen LogP contribution in [0.5, 0.6) is 0 Å². The molecule has 0 unspecified atom stereocenters. The highest BCUT2D eigenvalue weighted by atomic mass is 15.4. The van der Waals surface area contributed by atoms with Gasteiger partial charge in [-0.3, -0.25) is 5.01 Å². The summed E-state index contributed by atoms with van der Waals surface area (Å²) < 4.78 is 0. The second-order valence-electron chi connectivity index (χ2n) is 3.97. The molecule has 0 amide bonds. The lowest BCUT2D eigenvalue weighted by Crippen LogP contribution is -2.24. The van der Waals surface area contributed by atoms with Gasteiger partial charge in [-0.15, -0.1) is 0 Å². The Hall–Kier alpha value is -1.80. The summed E-state index contributed by atoms with van der Waals surface area (Å²) in [5, 5.41) is 1.70. The Morgan fingerprint density at radius 3 is 2.12 bits per heavy atom. The SMILES string of the molecule is Cc1ccc(N(N)c2ccccc2)cc1C. The van der Waals surface area contributed by atoms with Gasteiger partial charge in [0, 0.05) is 0 Å². The van der Waals surface area contributed by atoms with Gasteiger partial charge < -0.3 is 0 Å². The zero-order chi connectivity index (χ0) is 11.5. The Balaban J connectivity index is 2.34. The Labute approximate surface area is 96.3 Å². The third kappa shape index (κ3) is 2.07. The Morgan fingerprint density at radius 2 is 1.50 bits per heavy atom. The molecule has 0 aromatic heterocycles. The van der Waals surface area contributed by atoms with Crippen molar-refractivity contribution in [3.8, 4) is 0 Å². The molecular weight excluding hydrogens is 196 g/mol. The van der Waals surface area contributed by atoms with Crippen molar-refractivity contribution in [2.75, 3.05) is 5.01 Å². The van der Waals surface area contributed by atoms with Gasteiger partial charge in [0.05, 0.1) is 11.4 Å². The van der Waals surface area contributed by atoms with Crippen LogP contribution in [0.2, 0.25) is 0 Å². The third-order valence-electron chi connectivity index (χ3n) is 2.80. The minimum atomic E-state index is 0.991. The summed E-state index contributed by atoms with van der Waals surface area (Å²) in [6.45, 7) is 4.19. The molecule has 0 spiro atoms. The van der Waals surface area contributed by atoms with Gasteiger partial charge in [-0.1, -0.05) is 24.3 Å². The molecule has 0 radical (unpaired) electrons. The topological polar surface area (TPSA) is 29.3 Å². The summed E-state index contributed by atoms with van der Waals surface area (Å²) in [5.41, 5.74) is 4.54. The van der Waals surface area contributed by atoms with Crippen LogP contribution in [0.4, 0.5) is 11.4 Å². The number of nitrogens with two attached hydrogens (primary N) is 1. The normalized spacial score (nSPS) is 10.2. The number of para-hydroxylation sites is 1. The van der Waals surface area contributed by atoms with Crippen molar-refractivity contribution >= 4 is 11.4 Å². The predicted molar refractivity (Wildman–Crippen MR) is 68.7 cm³/mol. The van der Waals surface area contributed by atoms with Gasteiger partial charge >= 0.3 is 0 Å². The summed E-state index contributed by atoms with van der Waals surface area (Å²) in [6, 6.07) is 16.2. The average Bonchev–Trinajstić information content (AvgIpc) is 2.33. The summed E-state index contributed by atoms with van der Waals surface area (Å²) in [5.74, 6) is 6.07. The number of rotatable bonds is 2. The van der Waals surface area contributed by atoms with E-state index < -0.39 is 0 Å². The van der Waals surface area contributed by atoms with Crippen LogP contribution in [0.1, 0.15) is 11.1 Å². The van der Waals surface area contributed by atoms with E-state index in [9.17, 15) is 0 Å². The molecule has 2 aromatic rings. The molecule has 0 heterocycles. The molecular formula is C14H16N2. The number of hydrogen-bond donors (Lipinski definition) is 1. The number of benzene rings is 2. The van der Waals surface area contributed by atoms with Gasteiger partial charge in [-0.2, -0.15) is 0 Å². The summed E-state index contributed by atoms with van der Waals surface area (Å²) in [4.78, 5) is 0. The molecule has 16 heavy (non-hydrogen) atoms. The van der Waals surface area contributed by atoms with Crippen LogP contribution in [0.25, 0.3) is 0 Å². The maximum Gasteiger partial charge on any atom is 0.0578 e. The maximum absolute atomic E-state index is 6.07. The molecule has 0 aliphatic carbocycles. The predicted octanol–water partition coefficient (Wildman–Crippen LogP) is 3.32. The minimum absolute atomic E-state index is 0.991. The fourth-order valence-electron chi connectivity index (χ4n) is 1.61. The third-order valence-corrected chi connectivity index (χ3v) is 2.80. The van der Waals surface area contributed by atoms with Crippen molar-refractivity contribution in [3.05, 3.63) is 59.7 Å². The fraction of sp³-hybridized carbons (Fsp3) is 0.143. The number of anilines is 2. The summed E-state index contributed by atoms with van der Waals surface area (Å²) in [6.07, 6.45) is 0. The first-order valence-electron chi connectivity index (χ1n) is 5.35. The number of aryl methyl sites for hydroxylation is 2. The fourth-order valence-corrected chi connectivity index (χ4v) is 1.61. The lowest BCUT2D eigenvalue weighted by molar-refractivity contribution is 1.08. The van der Waals surface area contributed by atoms with Crippen LogP contribution in [-0.2, 0) is 0 Å². The first kappa shape index (κ1) is 10.7. The molecule has 2 aromatic carbocycles. The second-order valence-corrected chi connectivity index (χ2v) is 3.97. The lowest BCUT2D eigenvalue weighted by Gasteiger charge is -2.19. The van der Waals surface area contributed by atoms with Crippen LogP contribution >= 0.6 is 0 Å². The highest BCUT2D eigenvalue weighted by Crippen LogP contribution is 2.23. The monoisotopic (exact) mass is 212 g/mol.